The van der Waals surface area contributed by atoms with Crippen molar-refractivity contribution in [1.82, 2.24) is 19.2 Å². The summed E-state index contributed by atoms with van der Waals surface area (Å²) < 4.78 is 2.06. The molecule has 0 spiro atoms. The molecule has 0 saturated carbocycles. The van der Waals surface area contributed by atoms with Gasteiger partial charge in [-0.1, -0.05) is 90.2 Å². The van der Waals surface area contributed by atoms with E-state index in [0.29, 0.717) is 32.8 Å². The normalized spacial score (nSPS) is 17.3. The van der Waals surface area contributed by atoms with Gasteiger partial charge in [-0.25, -0.2) is 4.98 Å². The highest BCUT2D eigenvalue weighted by Gasteiger charge is 2.33. The Hall–Kier alpha value is -3.79. The molecule has 2 aromatic heterocycles. The standard InChI is InChI=1S/C32H31N5O2S2/c1-22-8-11-25(12-9-22)21-37-31(39)27(41-32(37)40)18-26-29(33-28-13-10-23(2)19-36(28)30(26)38)35-16-14-34(15-17-35)20-24-6-4-3-5-7-24/h3-13,18-19H,14-17,20-21H2,1-2H3/b27-18+. The SMILES string of the molecule is Cc1ccc(CN2C(=O)/C(=C\c3c(N4CCN(Cc5ccccc5)CC4)nc4ccc(C)cn4c3=O)SC2=S)cc1. The lowest BCUT2D eigenvalue weighted by molar-refractivity contribution is -0.122. The number of piperazine rings is 1. The molecule has 4 aromatic rings. The third-order valence-electron chi connectivity index (χ3n) is 7.52. The molecule has 2 aliphatic rings. The summed E-state index contributed by atoms with van der Waals surface area (Å²) in [6.45, 7) is 8.42. The smallest absolute Gasteiger partial charge is 0.267 e. The summed E-state index contributed by atoms with van der Waals surface area (Å²) >= 11 is 6.84. The molecule has 0 aliphatic carbocycles. The van der Waals surface area contributed by atoms with Gasteiger partial charge in [0.05, 0.1) is 17.0 Å². The molecule has 208 valence electrons. The summed E-state index contributed by atoms with van der Waals surface area (Å²) in [6.07, 6.45) is 3.50. The van der Waals surface area contributed by atoms with Crippen molar-refractivity contribution in [3.05, 3.63) is 116 Å². The number of rotatable bonds is 6. The lowest BCUT2D eigenvalue weighted by Gasteiger charge is -2.36. The molecule has 0 N–H and O–H groups in total. The lowest BCUT2D eigenvalue weighted by atomic mass is 10.1. The van der Waals surface area contributed by atoms with Gasteiger partial charge in [-0.05, 0) is 42.7 Å². The first-order valence-corrected chi connectivity index (χ1v) is 14.9. The predicted octanol–water partition coefficient (Wildman–Crippen LogP) is 5.03. The molecule has 0 radical (unpaired) electrons. The molecule has 0 bridgehead atoms. The van der Waals surface area contributed by atoms with Crippen LogP contribution in [0.3, 0.4) is 0 Å². The van der Waals surface area contributed by atoms with Crippen LogP contribution in [-0.2, 0) is 17.9 Å². The van der Waals surface area contributed by atoms with E-state index in [0.717, 1.165) is 49.4 Å². The van der Waals surface area contributed by atoms with Gasteiger partial charge in [-0.2, -0.15) is 0 Å². The molecule has 41 heavy (non-hydrogen) atoms. The van der Waals surface area contributed by atoms with Crippen molar-refractivity contribution in [2.75, 3.05) is 31.1 Å². The third kappa shape index (κ3) is 5.84. The minimum atomic E-state index is -0.191. The van der Waals surface area contributed by atoms with Crippen LogP contribution < -0.4 is 10.5 Å². The van der Waals surface area contributed by atoms with Gasteiger partial charge in [-0.3, -0.25) is 23.8 Å². The number of benzene rings is 2. The Balaban J connectivity index is 1.31. The number of aryl methyl sites for hydroxylation is 2. The zero-order valence-corrected chi connectivity index (χ0v) is 24.8. The largest absolute Gasteiger partial charge is 0.353 e. The number of hydrogen-bond acceptors (Lipinski definition) is 7. The molecule has 2 aliphatic heterocycles. The zero-order valence-electron chi connectivity index (χ0n) is 23.1. The number of thioether (sulfide) groups is 1. The highest BCUT2D eigenvalue weighted by molar-refractivity contribution is 8.26. The molecular formula is C32H31N5O2S2. The third-order valence-corrected chi connectivity index (χ3v) is 8.89. The van der Waals surface area contributed by atoms with Gasteiger partial charge in [0.25, 0.3) is 11.5 Å². The summed E-state index contributed by atoms with van der Waals surface area (Å²) in [7, 11) is 0. The van der Waals surface area contributed by atoms with Crippen molar-refractivity contribution >= 4 is 51.7 Å². The Morgan fingerprint density at radius 3 is 2.27 bits per heavy atom. The maximum Gasteiger partial charge on any atom is 0.267 e. The molecule has 4 heterocycles. The fourth-order valence-corrected chi connectivity index (χ4v) is 6.45. The zero-order chi connectivity index (χ0) is 28.5. The van der Waals surface area contributed by atoms with Gasteiger partial charge in [0.1, 0.15) is 15.8 Å². The molecule has 7 nitrogen and oxygen atoms in total. The van der Waals surface area contributed by atoms with E-state index in [1.165, 1.54) is 17.3 Å². The van der Waals surface area contributed by atoms with Crippen molar-refractivity contribution < 1.29 is 4.79 Å². The molecule has 2 aromatic carbocycles. The maximum absolute atomic E-state index is 13.9. The van der Waals surface area contributed by atoms with Crippen LogP contribution in [0.1, 0.15) is 27.8 Å². The minimum absolute atomic E-state index is 0.187. The van der Waals surface area contributed by atoms with Crippen LogP contribution >= 0.6 is 24.0 Å². The van der Waals surface area contributed by atoms with Crippen LogP contribution in [0.4, 0.5) is 5.82 Å². The first kappa shape index (κ1) is 27.4. The molecular weight excluding hydrogens is 551 g/mol. The average Bonchev–Trinajstić information content (AvgIpc) is 3.24. The number of aromatic nitrogens is 2. The summed E-state index contributed by atoms with van der Waals surface area (Å²) in [5.74, 6) is 0.426. The topological polar surface area (TPSA) is 61.2 Å². The summed E-state index contributed by atoms with van der Waals surface area (Å²) in [6, 6.07) is 22.4. The molecule has 0 unspecified atom stereocenters. The lowest BCUT2D eigenvalue weighted by Crippen LogP contribution is -2.47. The second kappa shape index (κ2) is 11.6. The van der Waals surface area contributed by atoms with Crippen molar-refractivity contribution in [3.8, 4) is 0 Å². The first-order chi connectivity index (χ1) is 19.9. The number of carbonyl (C=O) groups is 1. The molecule has 9 heteroatoms. The van der Waals surface area contributed by atoms with Crippen molar-refractivity contribution in [2.45, 2.75) is 26.9 Å². The summed E-state index contributed by atoms with van der Waals surface area (Å²) in [5.41, 5.74) is 5.22. The Labute approximate surface area is 249 Å². The fraction of sp³-hybridized carbons (Fsp3) is 0.250. The van der Waals surface area contributed by atoms with Gasteiger partial charge in [0, 0.05) is 38.9 Å². The number of pyridine rings is 1. The Kier molecular flexibility index (Phi) is 7.75. The van der Waals surface area contributed by atoms with E-state index >= 15 is 0 Å². The van der Waals surface area contributed by atoms with Crippen LogP contribution in [0.2, 0.25) is 0 Å². The van der Waals surface area contributed by atoms with Crippen LogP contribution in [0.25, 0.3) is 11.7 Å². The van der Waals surface area contributed by atoms with Crippen LogP contribution in [0, 0.1) is 13.8 Å². The molecule has 2 saturated heterocycles. The predicted molar refractivity (Wildman–Crippen MR) is 170 cm³/mol. The van der Waals surface area contributed by atoms with Crippen LogP contribution in [-0.4, -0.2) is 55.6 Å². The van der Waals surface area contributed by atoms with E-state index in [4.69, 9.17) is 17.2 Å². The quantitative estimate of drug-likeness (QED) is 0.234. The van der Waals surface area contributed by atoms with Crippen molar-refractivity contribution in [1.29, 1.82) is 0 Å². The van der Waals surface area contributed by atoms with E-state index in [2.05, 4.69) is 34.1 Å². The van der Waals surface area contributed by atoms with E-state index in [1.54, 1.807) is 21.6 Å². The number of thiocarbonyl (C=S) groups is 1. The van der Waals surface area contributed by atoms with E-state index in [-0.39, 0.29) is 11.5 Å². The Morgan fingerprint density at radius 2 is 1.54 bits per heavy atom. The van der Waals surface area contributed by atoms with Crippen molar-refractivity contribution in [2.24, 2.45) is 0 Å². The van der Waals surface area contributed by atoms with Crippen LogP contribution in [0.5, 0.6) is 0 Å². The summed E-state index contributed by atoms with van der Waals surface area (Å²) in [4.78, 5) is 39.0. The average molecular weight is 582 g/mol. The van der Waals surface area contributed by atoms with Crippen LogP contribution in [0.15, 0.2) is 82.6 Å². The van der Waals surface area contributed by atoms with Gasteiger partial charge < -0.3 is 4.90 Å². The maximum atomic E-state index is 13.9. The van der Waals surface area contributed by atoms with Gasteiger partial charge in [-0.15, -0.1) is 0 Å². The molecule has 0 atom stereocenters. The monoisotopic (exact) mass is 581 g/mol. The highest BCUT2D eigenvalue weighted by Crippen LogP contribution is 2.34. The first-order valence-electron chi connectivity index (χ1n) is 13.7. The van der Waals surface area contributed by atoms with Crippen molar-refractivity contribution in [3.63, 3.8) is 0 Å². The highest BCUT2D eigenvalue weighted by atomic mass is 32.2. The minimum Gasteiger partial charge on any atom is -0.353 e. The molecule has 1 amide bonds. The number of fused-ring (bicyclic) bond motifs is 1. The number of carbonyl (C=O) groups excluding carboxylic acids is 1. The number of anilines is 1. The summed E-state index contributed by atoms with van der Waals surface area (Å²) in [5, 5.41) is 0. The fourth-order valence-electron chi connectivity index (χ4n) is 5.22. The molecule has 2 fully saturated rings. The Morgan fingerprint density at radius 1 is 0.854 bits per heavy atom. The van der Waals surface area contributed by atoms with Gasteiger partial charge in [0.15, 0.2) is 0 Å². The number of nitrogens with zero attached hydrogens (tertiary/aromatic N) is 5. The van der Waals surface area contributed by atoms with E-state index in [9.17, 15) is 9.59 Å². The Bertz CT molecular complexity index is 1710. The second-order valence-electron chi connectivity index (χ2n) is 10.6. The van der Waals surface area contributed by atoms with E-state index in [1.807, 2.05) is 56.3 Å². The van der Waals surface area contributed by atoms with Gasteiger partial charge in [0.2, 0.25) is 0 Å². The van der Waals surface area contributed by atoms with E-state index < -0.39 is 0 Å². The number of amides is 1. The number of hydrogen-bond donors (Lipinski definition) is 0. The molecule has 6 rings (SSSR count). The second-order valence-corrected chi connectivity index (χ2v) is 12.3. The van der Waals surface area contributed by atoms with Gasteiger partial charge >= 0.3 is 0 Å².